The van der Waals surface area contributed by atoms with Gasteiger partial charge in [-0.1, -0.05) is 30.3 Å². The molecular weight excluding hydrogens is 414 g/mol. The van der Waals surface area contributed by atoms with Crippen molar-refractivity contribution in [2.45, 2.75) is 20.3 Å². The number of carbonyl (C=O) groups is 2. The number of benzene rings is 3. The van der Waals surface area contributed by atoms with Gasteiger partial charge in [0.15, 0.2) is 0 Å². The monoisotopic (exact) mass is 445 g/mol. The van der Waals surface area contributed by atoms with Crippen LogP contribution < -0.4 is 15.4 Å². The molecule has 0 radical (unpaired) electrons. The Morgan fingerprint density at radius 2 is 1.45 bits per heavy atom. The topological polar surface area (TPSA) is 70.7 Å². The first-order valence-corrected chi connectivity index (χ1v) is 11.3. The van der Waals surface area contributed by atoms with Gasteiger partial charge in [0.25, 0.3) is 5.91 Å². The van der Waals surface area contributed by atoms with E-state index in [-0.39, 0.29) is 18.4 Å². The molecular formula is C27H31N3O3. The van der Waals surface area contributed by atoms with Gasteiger partial charge in [-0.25, -0.2) is 0 Å². The van der Waals surface area contributed by atoms with Crippen molar-refractivity contribution in [3.05, 3.63) is 90.0 Å². The maximum absolute atomic E-state index is 12.4. The van der Waals surface area contributed by atoms with Gasteiger partial charge < -0.3 is 20.3 Å². The van der Waals surface area contributed by atoms with Gasteiger partial charge in [0.2, 0.25) is 5.91 Å². The van der Waals surface area contributed by atoms with Gasteiger partial charge in [0.1, 0.15) is 5.75 Å². The first kappa shape index (κ1) is 23.9. The molecule has 6 nitrogen and oxygen atoms in total. The molecule has 0 fully saturated rings. The van der Waals surface area contributed by atoms with Crippen molar-refractivity contribution in [2.75, 3.05) is 36.9 Å². The summed E-state index contributed by atoms with van der Waals surface area (Å²) in [6, 6.07) is 24.7. The molecule has 2 N–H and O–H groups in total. The van der Waals surface area contributed by atoms with E-state index in [9.17, 15) is 9.59 Å². The largest absolute Gasteiger partial charge is 0.493 e. The number of carbonyl (C=O) groups excluding carboxylic acids is 2. The third-order valence-corrected chi connectivity index (χ3v) is 5.28. The maximum atomic E-state index is 12.4. The molecule has 0 aromatic heterocycles. The van der Waals surface area contributed by atoms with Crippen LogP contribution >= 0.6 is 0 Å². The second-order valence-electron chi connectivity index (χ2n) is 7.56. The molecule has 3 rings (SSSR count). The van der Waals surface area contributed by atoms with Crippen molar-refractivity contribution >= 4 is 23.2 Å². The van der Waals surface area contributed by atoms with Crippen LogP contribution in [-0.4, -0.2) is 43.0 Å². The fourth-order valence-electron chi connectivity index (χ4n) is 3.38. The van der Waals surface area contributed by atoms with E-state index in [0.717, 1.165) is 17.9 Å². The van der Waals surface area contributed by atoms with Gasteiger partial charge in [-0.05, 0) is 67.9 Å². The third-order valence-electron chi connectivity index (χ3n) is 5.28. The van der Waals surface area contributed by atoms with E-state index in [4.69, 9.17) is 4.74 Å². The van der Waals surface area contributed by atoms with Gasteiger partial charge in [0, 0.05) is 36.4 Å². The number of nitrogens with zero attached hydrogens (tertiary/aromatic N) is 1. The fraction of sp³-hybridized carbons (Fsp3) is 0.259. The predicted molar refractivity (Wildman–Crippen MR) is 133 cm³/mol. The molecule has 3 aromatic rings. The summed E-state index contributed by atoms with van der Waals surface area (Å²) in [4.78, 5) is 26.4. The molecule has 0 saturated carbocycles. The summed E-state index contributed by atoms with van der Waals surface area (Å²) >= 11 is 0. The second-order valence-corrected chi connectivity index (χ2v) is 7.56. The van der Waals surface area contributed by atoms with Crippen LogP contribution in [0.15, 0.2) is 78.9 Å². The number of anilines is 2. The van der Waals surface area contributed by atoms with Crippen LogP contribution in [0.4, 0.5) is 11.4 Å². The minimum absolute atomic E-state index is 0.0109. The van der Waals surface area contributed by atoms with Crippen molar-refractivity contribution in [1.82, 2.24) is 4.90 Å². The zero-order chi connectivity index (χ0) is 23.5. The summed E-state index contributed by atoms with van der Waals surface area (Å²) in [7, 11) is 0. The molecule has 0 saturated heterocycles. The van der Waals surface area contributed by atoms with E-state index in [1.54, 1.807) is 17.0 Å². The molecule has 0 spiro atoms. The average molecular weight is 446 g/mol. The number of nitrogens with one attached hydrogen (secondary N) is 2. The van der Waals surface area contributed by atoms with E-state index in [0.29, 0.717) is 30.9 Å². The molecule has 0 bridgehead atoms. The Bertz CT molecular complexity index is 1010. The summed E-state index contributed by atoms with van der Waals surface area (Å²) in [6.07, 6.45) is 0.843. The highest BCUT2D eigenvalue weighted by molar-refractivity contribution is 5.95. The normalized spacial score (nSPS) is 10.4. The number of ether oxygens (including phenoxy) is 1. The van der Waals surface area contributed by atoms with Crippen molar-refractivity contribution < 1.29 is 14.3 Å². The molecule has 0 heterocycles. The molecule has 0 atom stereocenters. The van der Waals surface area contributed by atoms with Crippen molar-refractivity contribution in [3.63, 3.8) is 0 Å². The quantitative estimate of drug-likeness (QED) is 0.443. The minimum Gasteiger partial charge on any atom is -0.493 e. The minimum atomic E-state index is -0.156. The van der Waals surface area contributed by atoms with Gasteiger partial charge in [0.05, 0.1) is 13.2 Å². The van der Waals surface area contributed by atoms with Crippen LogP contribution in [0.1, 0.15) is 29.8 Å². The van der Waals surface area contributed by atoms with E-state index >= 15 is 0 Å². The van der Waals surface area contributed by atoms with E-state index in [1.807, 2.05) is 68.4 Å². The standard InChI is InChI=1S/C27H31N3O3/c1-3-30(4-2)27(32)22-10-12-23(13-11-22)28-20-26(31)29-24-14-16-25(17-15-24)33-19-18-21-8-6-5-7-9-21/h5-17,28H,3-4,18-20H2,1-2H3,(H,29,31). The second kappa shape index (κ2) is 12.3. The van der Waals surface area contributed by atoms with Gasteiger partial charge in [-0.3, -0.25) is 9.59 Å². The number of hydrogen-bond donors (Lipinski definition) is 2. The lowest BCUT2D eigenvalue weighted by Gasteiger charge is -2.18. The lowest BCUT2D eigenvalue weighted by molar-refractivity contribution is -0.114. The number of rotatable bonds is 11. The lowest BCUT2D eigenvalue weighted by atomic mass is 10.1. The summed E-state index contributed by atoms with van der Waals surface area (Å²) in [5.41, 5.74) is 3.36. The highest BCUT2D eigenvalue weighted by Crippen LogP contribution is 2.16. The predicted octanol–water partition coefficient (Wildman–Crippen LogP) is 4.84. The molecule has 0 aliphatic heterocycles. The maximum Gasteiger partial charge on any atom is 0.253 e. The summed E-state index contributed by atoms with van der Waals surface area (Å²) < 4.78 is 5.78. The van der Waals surface area contributed by atoms with Gasteiger partial charge in [-0.15, -0.1) is 0 Å². The fourth-order valence-corrected chi connectivity index (χ4v) is 3.38. The molecule has 0 aliphatic carbocycles. The van der Waals surface area contributed by atoms with Gasteiger partial charge in [-0.2, -0.15) is 0 Å². The Kier molecular flexibility index (Phi) is 8.88. The lowest BCUT2D eigenvalue weighted by Crippen LogP contribution is -2.30. The van der Waals surface area contributed by atoms with Crippen LogP contribution in [0.25, 0.3) is 0 Å². The van der Waals surface area contributed by atoms with E-state index in [1.165, 1.54) is 5.56 Å². The Morgan fingerprint density at radius 3 is 2.09 bits per heavy atom. The average Bonchev–Trinajstić information content (AvgIpc) is 2.85. The summed E-state index contributed by atoms with van der Waals surface area (Å²) in [5, 5.41) is 5.94. The van der Waals surface area contributed by atoms with Crippen molar-refractivity contribution in [2.24, 2.45) is 0 Å². The molecule has 6 heteroatoms. The molecule has 33 heavy (non-hydrogen) atoms. The Hall–Kier alpha value is -3.80. The van der Waals surface area contributed by atoms with Crippen LogP contribution in [0.2, 0.25) is 0 Å². The van der Waals surface area contributed by atoms with Crippen LogP contribution in [-0.2, 0) is 11.2 Å². The zero-order valence-corrected chi connectivity index (χ0v) is 19.2. The Balaban J connectivity index is 1.41. The zero-order valence-electron chi connectivity index (χ0n) is 19.2. The highest BCUT2D eigenvalue weighted by atomic mass is 16.5. The molecule has 0 unspecified atom stereocenters. The summed E-state index contributed by atoms with van der Waals surface area (Å²) in [5.74, 6) is 0.620. The van der Waals surface area contributed by atoms with E-state index < -0.39 is 0 Å². The SMILES string of the molecule is CCN(CC)C(=O)c1ccc(NCC(=O)Nc2ccc(OCCc3ccccc3)cc2)cc1. The summed E-state index contributed by atoms with van der Waals surface area (Å²) in [6.45, 7) is 6.00. The van der Waals surface area contributed by atoms with Crippen LogP contribution in [0, 0.1) is 0 Å². The molecule has 172 valence electrons. The van der Waals surface area contributed by atoms with Crippen molar-refractivity contribution in [1.29, 1.82) is 0 Å². The van der Waals surface area contributed by atoms with Gasteiger partial charge >= 0.3 is 0 Å². The number of hydrogen-bond acceptors (Lipinski definition) is 4. The Morgan fingerprint density at radius 1 is 0.818 bits per heavy atom. The number of amides is 2. The smallest absolute Gasteiger partial charge is 0.253 e. The highest BCUT2D eigenvalue weighted by Gasteiger charge is 2.12. The first-order chi connectivity index (χ1) is 16.1. The van der Waals surface area contributed by atoms with E-state index in [2.05, 4.69) is 22.8 Å². The third kappa shape index (κ3) is 7.38. The molecule has 2 amide bonds. The van der Waals surface area contributed by atoms with Crippen LogP contribution in [0.3, 0.4) is 0 Å². The van der Waals surface area contributed by atoms with Crippen LogP contribution in [0.5, 0.6) is 5.75 Å². The Labute approximate surface area is 195 Å². The first-order valence-electron chi connectivity index (χ1n) is 11.3. The van der Waals surface area contributed by atoms with Crippen molar-refractivity contribution in [3.8, 4) is 5.75 Å². The molecule has 3 aromatic carbocycles. The molecule has 0 aliphatic rings.